The summed E-state index contributed by atoms with van der Waals surface area (Å²) in [7, 11) is 2.18. The number of hydrogen-bond acceptors (Lipinski definition) is 1. The van der Waals surface area contributed by atoms with Crippen molar-refractivity contribution >= 4 is 0 Å². The fourth-order valence-corrected chi connectivity index (χ4v) is 1.13. The Morgan fingerprint density at radius 2 is 2.50 bits per heavy atom. The van der Waals surface area contributed by atoms with E-state index in [1.54, 1.807) is 0 Å². The normalized spacial score (nSPS) is 38.2. The van der Waals surface area contributed by atoms with Gasteiger partial charge in [-0.05, 0) is 0 Å². The molecule has 0 aromatic heterocycles. The van der Waals surface area contributed by atoms with Gasteiger partial charge in [-0.2, -0.15) is 0 Å². The van der Waals surface area contributed by atoms with Crippen LogP contribution in [0.5, 0.6) is 0 Å². The summed E-state index contributed by atoms with van der Waals surface area (Å²) in [6.45, 7) is 4.29. The van der Waals surface area contributed by atoms with E-state index in [9.17, 15) is 0 Å². The molecule has 0 aromatic rings. The highest BCUT2D eigenvalue weighted by Gasteiger charge is 2.22. The summed E-state index contributed by atoms with van der Waals surface area (Å²) < 4.78 is 5.38. The Kier molecular flexibility index (Phi) is 1.86. The summed E-state index contributed by atoms with van der Waals surface area (Å²) in [5.41, 5.74) is 0. The van der Waals surface area contributed by atoms with Gasteiger partial charge in [0, 0.05) is 6.42 Å². The lowest BCUT2D eigenvalue weighted by Gasteiger charge is -2.11. The van der Waals surface area contributed by atoms with Crippen molar-refractivity contribution in [1.29, 1.82) is 0 Å². The predicted molar refractivity (Wildman–Crippen MR) is 31.8 cm³/mol. The smallest absolute Gasteiger partial charge is 0.191 e. The Morgan fingerprint density at radius 1 is 1.75 bits per heavy atom. The third-order valence-electron chi connectivity index (χ3n) is 1.74. The van der Waals surface area contributed by atoms with Crippen molar-refractivity contribution in [3.05, 3.63) is 0 Å². The van der Waals surface area contributed by atoms with Gasteiger partial charge in [-0.15, -0.1) is 0 Å². The first-order valence-corrected chi connectivity index (χ1v) is 3.28. The molecule has 1 saturated heterocycles. The van der Waals surface area contributed by atoms with Gasteiger partial charge in [0.05, 0.1) is 7.05 Å². The molecule has 0 aliphatic carbocycles. The van der Waals surface area contributed by atoms with Crippen LogP contribution in [0.3, 0.4) is 0 Å². The minimum Gasteiger partial charge on any atom is -0.323 e. The molecule has 0 spiro atoms. The second kappa shape index (κ2) is 2.46. The van der Waals surface area contributed by atoms with Crippen LogP contribution >= 0.6 is 0 Å². The molecule has 0 aromatic carbocycles. The third-order valence-corrected chi connectivity index (χ3v) is 1.74. The van der Waals surface area contributed by atoms with Gasteiger partial charge >= 0.3 is 0 Å². The molecule has 0 radical (unpaired) electrons. The van der Waals surface area contributed by atoms with Crippen molar-refractivity contribution < 1.29 is 9.64 Å². The van der Waals surface area contributed by atoms with E-state index in [2.05, 4.69) is 14.0 Å². The molecule has 0 amide bonds. The number of nitrogens with one attached hydrogen (secondary N) is 1. The van der Waals surface area contributed by atoms with Crippen LogP contribution in [0, 0.1) is 0 Å². The van der Waals surface area contributed by atoms with Gasteiger partial charge in [-0.1, -0.05) is 6.92 Å². The highest BCUT2D eigenvalue weighted by molar-refractivity contribution is 4.42. The van der Waals surface area contributed by atoms with Crippen molar-refractivity contribution in [3.8, 4) is 0 Å². The zero-order valence-electron chi connectivity index (χ0n) is 5.61. The van der Waals surface area contributed by atoms with Crippen LogP contribution in [0.4, 0.5) is 0 Å². The molecule has 1 fully saturated rings. The Hall–Kier alpha value is -0.0800. The van der Waals surface area contributed by atoms with Crippen molar-refractivity contribution in [2.75, 3.05) is 20.2 Å². The van der Waals surface area contributed by atoms with E-state index in [-0.39, 0.29) is 0 Å². The second-order valence-electron chi connectivity index (χ2n) is 2.36. The first kappa shape index (κ1) is 6.05. The van der Waals surface area contributed by atoms with E-state index < -0.39 is 0 Å². The summed E-state index contributed by atoms with van der Waals surface area (Å²) in [6.07, 6.45) is 1.63. The topological polar surface area (TPSA) is 13.7 Å². The van der Waals surface area contributed by atoms with Gasteiger partial charge in [-0.3, -0.25) is 0 Å². The summed E-state index contributed by atoms with van der Waals surface area (Å²) in [6, 6.07) is 0. The van der Waals surface area contributed by atoms with Crippen LogP contribution < -0.4 is 4.90 Å². The Balaban J connectivity index is 2.30. The van der Waals surface area contributed by atoms with E-state index in [0.29, 0.717) is 6.23 Å². The molecule has 1 rings (SSSR count). The first-order valence-electron chi connectivity index (χ1n) is 3.28. The van der Waals surface area contributed by atoms with Crippen LogP contribution in [-0.4, -0.2) is 26.4 Å². The maximum absolute atomic E-state index is 5.38. The number of ether oxygens (including phenoxy) is 1. The van der Waals surface area contributed by atoms with Crippen molar-refractivity contribution in [2.45, 2.75) is 19.6 Å². The molecule has 2 nitrogen and oxygen atoms in total. The van der Waals surface area contributed by atoms with Gasteiger partial charge in [0.25, 0.3) is 0 Å². The quantitative estimate of drug-likeness (QED) is 0.477. The SMILES string of the molecule is CCC1OCC[NH+]1C. The lowest BCUT2D eigenvalue weighted by molar-refractivity contribution is -0.905. The van der Waals surface area contributed by atoms with Gasteiger partial charge in [-0.25, -0.2) is 0 Å². The highest BCUT2D eigenvalue weighted by atomic mass is 16.5. The van der Waals surface area contributed by atoms with E-state index in [4.69, 9.17) is 4.74 Å². The van der Waals surface area contributed by atoms with Crippen LogP contribution in [0.2, 0.25) is 0 Å². The maximum atomic E-state index is 5.38. The van der Waals surface area contributed by atoms with Gasteiger partial charge in [0.1, 0.15) is 13.2 Å². The number of likely N-dealkylation sites (N-methyl/N-ethyl adjacent to an activating group) is 1. The van der Waals surface area contributed by atoms with Crippen LogP contribution in [-0.2, 0) is 4.74 Å². The number of rotatable bonds is 1. The third kappa shape index (κ3) is 1.01. The van der Waals surface area contributed by atoms with Crippen molar-refractivity contribution in [2.24, 2.45) is 0 Å². The molecule has 0 bridgehead atoms. The van der Waals surface area contributed by atoms with Crippen LogP contribution in [0.1, 0.15) is 13.3 Å². The first-order chi connectivity index (χ1) is 3.84. The summed E-state index contributed by atoms with van der Waals surface area (Å²) in [4.78, 5) is 1.52. The average molecular weight is 116 g/mol. The Morgan fingerprint density at radius 3 is 2.75 bits per heavy atom. The monoisotopic (exact) mass is 116 g/mol. The molecule has 48 valence electrons. The van der Waals surface area contributed by atoms with Crippen LogP contribution in [0.15, 0.2) is 0 Å². The molecule has 0 saturated carbocycles. The molecular formula is C6H14NO+. The summed E-state index contributed by atoms with van der Waals surface area (Å²) in [5, 5.41) is 0. The summed E-state index contributed by atoms with van der Waals surface area (Å²) >= 11 is 0. The minimum absolute atomic E-state index is 0.481. The molecule has 1 heterocycles. The second-order valence-corrected chi connectivity index (χ2v) is 2.36. The Labute approximate surface area is 50.4 Å². The highest BCUT2D eigenvalue weighted by Crippen LogP contribution is 1.91. The van der Waals surface area contributed by atoms with Gasteiger partial charge in [0.2, 0.25) is 0 Å². The maximum Gasteiger partial charge on any atom is 0.191 e. The predicted octanol–water partition coefficient (Wildman–Crippen LogP) is -0.733. The molecule has 2 unspecified atom stereocenters. The molecule has 1 N–H and O–H groups in total. The van der Waals surface area contributed by atoms with E-state index >= 15 is 0 Å². The molecule has 8 heavy (non-hydrogen) atoms. The molecule has 1 aliphatic rings. The Bertz CT molecular complexity index is 74.9. The lowest BCUT2D eigenvalue weighted by Crippen LogP contribution is -3.10. The number of quaternary nitrogens is 1. The standard InChI is InChI=1S/C6H13NO/c1-3-6-7(2)4-5-8-6/h6H,3-5H2,1-2H3/p+1. The van der Waals surface area contributed by atoms with E-state index in [1.807, 2.05) is 0 Å². The van der Waals surface area contributed by atoms with Gasteiger partial charge in [0.15, 0.2) is 6.23 Å². The molecule has 1 aliphatic heterocycles. The lowest BCUT2D eigenvalue weighted by atomic mass is 10.4. The van der Waals surface area contributed by atoms with E-state index in [1.165, 1.54) is 11.4 Å². The molecular weight excluding hydrogens is 102 g/mol. The van der Waals surface area contributed by atoms with Gasteiger partial charge < -0.3 is 9.64 Å². The zero-order chi connectivity index (χ0) is 5.98. The minimum atomic E-state index is 0.481. The average Bonchev–Trinajstić information content (AvgIpc) is 2.14. The largest absolute Gasteiger partial charge is 0.323 e. The number of hydrogen-bond donors (Lipinski definition) is 1. The van der Waals surface area contributed by atoms with Crippen molar-refractivity contribution in [1.82, 2.24) is 0 Å². The van der Waals surface area contributed by atoms with E-state index in [0.717, 1.165) is 13.0 Å². The fourth-order valence-electron chi connectivity index (χ4n) is 1.13. The van der Waals surface area contributed by atoms with Crippen LogP contribution in [0.25, 0.3) is 0 Å². The fraction of sp³-hybridized carbons (Fsp3) is 1.00. The molecule has 2 heteroatoms. The zero-order valence-corrected chi connectivity index (χ0v) is 5.61. The summed E-state index contributed by atoms with van der Waals surface area (Å²) in [5.74, 6) is 0. The van der Waals surface area contributed by atoms with Crippen molar-refractivity contribution in [3.63, 3.8) is 0 Å². The molecule has 2 atom stereocenters.